The Morgan fingerprint density at radius 1 is 0.278 bits per heavy atom. The zero-order valence-electron chi connectivity index (χ0n) is 48.7. The quantitative estimate of drug-likeness (QED) is 0.0261. The van der Waals surface area contributed by atoms with E-state index in [0.29, 0.717) is 19.3 Å². The number of carbonyl (C=O) groups is 3. The molecule has 0 aromatic rings. The molecule has 0 rings (SSSR count). The van der Waals surface area contributed by atoms with Gasteiger partial charge in [-0.05, 0) is 51.4 Å². The molecule has 0 aliphatic rings. The monoisotopic (exact) mass is 1010 g/mol. The van der Waals surface area contributed by atoms with Crippen LogP contribution in [0.25, 0.3) is 0 Å². The maximum atomic E-state index is 12.9. The van der Waals surface area contributed by atoms with Gasteiger partial charge in [-0.2, -0.15) is 0 Å². The Hall–Kier alpha value is -2.11. The first-order valence-electron chi connectivity index (χ1n) is 32.3. The van der Waals surface area contributed by atoms with E-state index in [0.717, 1.165) is 70.6 Å². The van der Waals surface area contributed by atoms with E-state index >= 15 is 0 Å². The predicted octanol–water partition coefficient (Wildman–Crippen LogP) is 21.8. The van der Waals surface area contributed by atoms with E-state index in [9.17, 15) is 14.4 Å². The van der Waals surface area contributed by atoms with Crippen molar-refractivity contribution in [3.8, 4) is 0 Å². The third-order valence-electron chi connectivity index (χ3n) is 14.7. The lowest BCUT2D eigenvalue weighted by atomic mass is 10.0. The van der Waals surface area contributed by atoms with Gasteiger partial charge in [0.15, 0.2) is 6.10 Å². The summed E-state index contributed by atoms with van der Waals surface area (Å²) < 4.78 is 16.9. The Kier molecular flexibility index (Phi) is 59.6. The van der Waals surface area contributed by atoms with Crippen LogP contribution in [0.3, 0.4) is 0 Å². The van der Waals surface area contributed by atoms with E-state index in [-0.39, 0.29) is 31.1 Å². The highest BCUT2D eigenvalue weighted by molar-refractivity contribution is 5.71. The number of ether oxygens (including phenoxy) is 3. The molecule has 0 amide bonds. The molecule has 424 valence electrons. The Balaban J connectivity index is 4.20. The minimum atomic E-state index is -0.771. The first kappa shape index (κ1) is 69.9. The zero-order valence-corrected chi connectivity index (χ0v) is 48.7. The molecule has 0 saturated carbocycles. The van der Waals surface area contributed by atoms with Crippen LogP contribution in [0.1, 0.15) is 361 Å². The Bertz CT molecular complexity index is 1160. The topological polar surface area (TPSA) is 78.9 Å². The molecule has 0 N–H and O–H groups in total. The summed E-state index contributed by atoms with van der Waals surface area (Å²) in [5.74, 6) is -0.851. The Labute approximate surface area is 449 Å². The minimum Gasteiger partial charge on any atom is -0.462 e. The number of allylic oxidation sites excluding steroid dienone is 4. The van der Waals surface area contributed by atoms with Crippen LogP contribution in [0.4, 0.5) is 0 Å². The molecular weight excluding hydrogens is 889 g/mol. The molecule has 0 saturated heterocycles. The fraction of sp³-hybridized carbons (Fsp3) is 0.894. The second-order valence-corrected chi connectivity index (χ2v) is 22.0. The normalized spacial score (nSPS) is 12.1. The summed E-state index contributed by atoms with van der Waals surface area (Å²) in [4.78, 5) is 38.2. The third kappa shape index (κ3) is 58.8. The van der Waals surface area contributed by atoms with Crippen LogP contribution in [-0.4, -0.2) is 37.2 Å². The molecule has 0 aliphatic carbocycles. The lowest BCUT2D eigenvalue weighted by Crippen LogP contribution is -2.30. The van der Waals surface area contributed by atoms with Crippen LogP contribution < -0.4 is 0 Å². The number of unbranched alkanes of at least 4 members (excludes halogenated alkanes) is 45. The molecule has 0 heterocycles. The third-order valence-corrected chi connectivity index (χ3v) is 14.7. The molecule has 0 fully saturated rings. The van der Waals surface area contributed by atoms with Gasteiger partial charge in [0, 0.05) is 19.3 Å². The zero-order chi connectivity index (χ0) is 52.2. The van der Waals surface area contributed by atoms with Crippen molar-refractivity contribution in [2.24, 2.45) is 0 Å². The molecular formula is C66H124O6. The van der Waals surface area contributed by atoms with Crippen molar-refractivity contribution in [3.05, 3.63) is 24.3 Å². The van der Waals surface area contributed by atoms with Gasteiger partial charge in [0.25, 0.3) is 0 Å². The largest absolute Gasteiger partial charge is 0.462 e. The predicted molar refractivity (Wildman–Crippen MR) is 312 cm³/mol. The van der Waals surface area contributed by atoms with Gasteiger partial charge in [-0.15, -0.1) is 0 Å². The number of hydrogen-bond acceptors (Lipinski definition) is 6. The molecule has 1 unspecified atom stereocenters. The van der Waals surface area contributed by atoms with E-state index in [2.05, 4.69) is 45.1 Å². The van der Waals surface area contributed by atoms with Crippen molar-refractivity contribution >= 4 is 17.9 Å². The highest BCUT2D eigenvalue weighted by Crippen LogP contribution is 2.18. The molecule has 1 atom stereocenters. The summed E-state index contributed by atoms with van der Waals surface area (Å²) in [6.45, 7) is 6.67. The van der Waals surface area contributed by atoms with Crippen molar-refractivity contribution < 1.29 is 28.6 Å². The van der Waals surface area contributed by atoms with Gasteiger partial charge in [0.05, 0.1) is 0 Å². The maximum Gasteiger partial charge on any atom is 0.306 e. The van der Waals surface area contributed by atoms with Crippen LogP contribution >= 0.6 is 0 Å². The van der Waals surface area contributed by atoms with Gasteiger partial charge >= 0.3 is 17.9 Å². The number of rotatable bonds is 60. The number of carbonyl (C=O) groups excluding carboxylic acids is 3. The van der Waals surface area contributed by atoms with Gasteiger partial charge < -0.3 is 14.2 Å². The van der Waals surface area contributed by atoms with Crippen LogP contribution in [0.5, 0.6) is 0 Å². The molecule has 0 aromatic heterocycles. The number of hydrogen-bond donors (Lipinski definition) is 0. The smallest absolute Gasteiger partial charge is 0.306 e. The van der Waals surface area contributed by atoms with Crippen molar-refractivity contribution in [2.75, 3.05) is 13.2 Å². The highest BCUT2D eigenvalue weighted by atomic mass is 16.6. The Morgan fingerprint density at radius 2 is 0.500 bits per heavy atom. The summed E-state index contributed by atoms with van der Waals surface area (Å²) in [6.07, 6.45) is 73.3. The first-order chi connectivity index (χ1) is 35.5. The molecule has 0 aromatic carbocycles. The second kappa shape index (κ2) is 61.4. The average Bonchev–Trinajstić information content (AvgIpc) is 3.38. The lowest BCUT2D eigenvalue weighted by Gasteiger charge is -2.18. The fourth-order valence-corrected chi connectivity index (χ4v) is 9.83. The molecule has 0 spiro atoms. The van der Waals surface area contributed by atoms with Crippen molar-refractivity contribution in [2.45, 2.75) is 367 Å². The van der Waals surface area contributed by atoms with Gasteiger partial charge in [0.1, 0.15) is 13.2 Å². The van der Waals surface area contributed by atoms with Crippen LogP contribution in [-0.2, 0) is 28.6 Å². The molecule has 0 radical (unpaired) electrons. The molecule has 72 heavy (non-hydrogen) atoms. The molecule has 0 aliphatic heterocycles. The second-order valence-electron chi connectivity index (χ2n) is 22.0. The molecule has 0 bridgehead atoms. The van der Waals surface area contributed by atoms with Crippen LogP contribution in [0.15, 0.2) is 24.3 Å². The summed E-state index contributed by atoms with van der Waals surface area (Å²) in [6, 6.07) is 0. The minimum absolute atomic E-state index is 0.0686. The molecule has 6 heteroatoms. The van der Waals surface area contributed by atoms with E-state index in [4.69, 9.17) is 14.2 Å². The fourth-order valence-electron chi connectivity index (χ4n) is 9.83. The maximum absolute atomic E-state index is 12.9. The summed E-state index contributed by atoms with van der Waals surface area (Å²) >= 11 is 0. The standard InChI is InChI=1S/C66H124O6/c1-4-7-10-13-16-19-22-25-27-29-30-31-32-33-34-35-36-38-39-41-44-47-50-53-56-59-65(68)71-62-63(61-70-64(67)58-55-52-49-46-43-24-21-18-15-12-9-6-3)72-66(69)60-57-54-51-48-45-42-40-37-28-26-23-20-17-14-11-8-5-2/h17,20,26,28,63H,4-16,18-19,21-25,27,29-62H2,1-3H3/b20-17-,28-26-. The SMILES string of the molecule is CCCCC/C=C\C/C=C\CCCCCCCCCC(=O)OC(COC(=O)CCCCCCCCCCCCCC)COC(=O)CCCCCCCCCCCCCCCCCCCCCCCCCCC. The highest BCUT2D eigenvalue weighted by Gasteiger charge is 2.19. The summed E-state index contributed by atoms with van der Waals surface area (Å²) in [7, 11) is 0. The summed E-state index contributed by atoms with van der Waals surface area (Å²) in [5, 5.41) is 0. The Morgan fingerprint density at radius 3 is 0.792 bits per heavy atom. The van der Waals surface area contributed by atoms with Crippen LogP contribution in [0, 0.1) is 0 Å². The van der Waals surface area contributed by atoms with Gasteiger partial charge in [-0.25, -0.2) is 0 Å². The van der Waals surface area contributed by atoms with Gasteiger partial charge in [-0.1, -0.05) is 315 Å². The van der Waals surface area contributed by atoms with Gasteiger partial charge in [-0.3, -0.25) is 14.4 Å². The first-order valence-corrected chi connectivity index (χ1v) is 32.3. The van der Waals surface area contributed by atoms with E-state index in [1.165, 1.54) is 250 Å². The number of esters is 3. The van der Waals surface area contributed by atoms with Crippen molar-refractivity contribution in [3.63, 3.8) is 0 Å². The van der Waals surface area contributed by atoms with Crippen molar-refractivity contribution in [1.82, 2.24) is 0 Å². The van der Waals surface area contributed by atoms with E-state index in [1.807, 2.05) is 0 Å². The summed E-state index contributed by atoms with van der Waals surface area (Å²) in [5.41, 5.74) is 0. The molecule has 6 nitrogen and oxygen atoms in total. The van der Waals surface area contributed by atoms with E-state index < -0.39 is 6.10 Å². The average molecular weight is 1010 g/mol. The van der Waals surface area contributed by atoms with E-state index in [1.54, 1.807) is 0 Å². The van der Waals surface area contributed by atoms with Crippen LogP contribution in [0.2, 0.25) is 0 Å². The van der Waals surface area contributed by atoms with Crippen molar-refractivity contribution in [1.29, 1.82) is 0 Å². The lowest BCUT2D eigenvalue weighted by molar-refractivity contribution is -0.167. The van der Waals surface area contributed by atoms with Gasteiger partial charge in [0.2, 0.25) is 0 Å².